The fourth-order valence-electron chi connectivity index (χ4n) is 10.5. The Morgan fingerprint density at radius 2 is 0.580 bits per heavy atom. The maximum atomic E-state index is 14.2. The lowest BCUT2D eigenvalue weighted by molar-refractivity contribution is -0.696. The van der Waals surface area contributed by atoms with E-state index in [1.807, 2.05) is 12.4 Å². The fraction of sp³-hybridized carbons (Fsp3) is 0.443. The van der Waals surface area contributed by atoms with Gasteiger partial charge >= 0.3 is 49.4 Å². The number of nitrogens with zero attached hydrogens (tertiary/aromatic N) is 2. The van der Waals surface area contributed by atoms with Crippen molar-refractivity contribution in [2.24, 2.45) is 0 Å². The van der Waals surface area contributed by atoms with Crippen LogP contribution in [0.25, 0.3) is 0 Å². The topological polar surface area (TPSA) is 16.8 Å². The smallest absolute Gasteiger partial charge is 0.252 e. The molecule has 0 aliphatic rings. The van der Waals surface area contributed by atoms with E-state index in [4.69, 9.17) is 0 Å². The Labute approximate surface area is 491 Å². The summed E-state index contributed by atoms with van der Waals surface area (Å²) in [5, 5.41) is 0. The summed E-state index contributed by atoms with van der Waals surface area (Å²) in [7, 11) is 0. The van der Waals surface area contributed by atoms with Gasteiger partial charge in [-0.2, -0.15) is 132 Å². The number of benzene rings is 5. The van der Waals surface area contributed by atoms with E-state index in [-0.39, 0.29) is 0 Å². The van der Waals surface area contributed by atoms with Crippen molar-refractivity contribution in [2.45, 2.75) is 172 Å². The highest BCUT2D eigenvalue weighted by Gasteiger charge is 2.47. The summed E-state index contributed by atoms with van der Waals surface area (Å²) in [5.74, 6) is 0. The Hall–Kier alpha value is -6.44. The Bertz CT molecular complexity index is 2730. The molecule has 0 saturated carbocycles. The van der Waals surface area contributed by atoms with Gasteiger partial charge in [-0.05, 0) is 30.7 Å². The highest BCUT2D eigenvalue weighted by atomic mass is 19.4. The van der Waals surface area contributed by atoms with E-state index in [9.17, 15) is 105 Å². The second kappa shape index (κ2) is 29.5. The van der Waals surface area contributed by atoms with Gasteiger partial charge in [0.2, 0.25) is 0 Å². The third-order valence-electron chi connectivity index (χ3n) is 14.8. The Kier molecular flexibility index (Phi) is 24.2. The van der Waals surface area contributed by atoms with E-state index in [1.54, 1.807) is 0 Å². The third-order valence-corrected chi connectivity index (χ3v) is 14.8. The monoisotopic (exact) mass is 1290 g/mol. The van der Waals surface area contributed by atoms with Gasteiger partial charge in [-0.3, -0.25) is 4.98 Å². The van der Waals surface area contributed by atoms with Crippen LogP contribution >= 0.6 is 0 Å². The van der Waals surface area contributed by atoms with E-state index < -0.39 is 195 Å². The van der Waals surface area contributed by atoms with Crippen LogP contribution in [0, 0.1) is 0 Å². The lowest BCUT2D eigenvalue weighted by Gasteiger charge is -2.46. The summed E-state index contributed by atoms with van der Waals surface area (Å²) in [5.41, 5.74) is -27.5. The zero-order valence-electron chi connectivity index (χ0n) is 46.8. The van der Waals surface area contributed by atoms with Crippen LogP contribution in [0.1, 0.15) is 165 Å². The van der Waals surface area contributed by atoms with Gasteiger partial charge in [-0.15, -0.1) is 0 Å². The number of alkyl halides is 24. The van der Waals surface area contributed by atoms with E-state index in [1.165, 1.54) is 114 Å². The molecule has 0 aliphatic carbocycles. The summed E-state index contributed by atoms with van der Waals surface area (Å²) in [4.78, 5) is 4.36. The molecule has 5 aromatic carbocycles. The van der Waals surface area contributed by atoms with Gasteiger partial charge in [0.05, 0.1) is 56.9 Å². The predicted octanol–water partition coefficient (Wildman–Crippen LogP) is 19.4. The molecule has 0 saturated heterocycles. The summed E-state index contributed by atoms with van der Waals surface area (Å²) in [6.45, 7) is 3.24. The van der Waals surface area contributed by atoms with Gasteiger partial charge in [-0.1, -0.05) is 182 Å². The van der Waals surface area contributed by atoms with Crippen LogP contribution in [0.15, 0.2) is 122 Å². The molecule has 88 heavy (non-hydrogen) atoms. The van der Waals surface area contributed by atoms with Gasteiger partial charge in [0.15, 0.2) is 18.4 Å². The van der Waals surface area contributed by atoms with Crippen molar-refractivity contribution in [3.63, 3.8) is 0 Å². The lowest BCUT2D eigenvalue weighted by Crippen LogP contribution is -2.75. The molecule has 27 heteroatoms. The van der Waals surface area contributed by atoms with Gasteiger partial charge in [0.25, 0.3) is 0 Å². The second-order valence-electron chi connectivity index (χ2n) is 21.5. The van der Waals surface area contributed by atoms with Gasteiger partial charge < -0.3 is 0 Å². The molecule has 0 bridgehead atoms. The van der Waals surface area contributed by atoms with Crippen molar-refractivity contribution in [3.8, 4) is 0 Å². The summed E-state index contributed by atoms with van der Waals surface area (Å²) >= 11 is 0. The van der Waals surface area contributed by atoms with Crippen molar-refractivity contribution in [1.82, 2.24) is 4.98 Å². The molecule has 0 unspecified atom stereocenters. The van der Waals surface area contributed by atoms with Crippen molar-refractivity contribution >= 4 is 28.0 Å². The molecule has 0 aliphatic heterocycles. The molecular formula is C61H59BF24N2. The highest BCUT2D eigenvalue weighted by molar-refractivity contribution is 7.20. The molecule has 0 spiro atoms. The van der Waals surface area contributed by atoms with Crippen molar-refractivity contribution in [3.05, 3.63) is 177 Å². The maximum absolute atomic E-state index is 14.2. The summed E-state index contributed by atoms with van der Waals surface area (Å²) in [6.07, 6.45) is -24.9. The van der Waals surface area contributed by atoms with Crippen molar-refractivity contribution in [1.29, 1.82) is 0 Å². The highest BCUT2D eigenvalue weighted by Crippen LogP contribution is 2.41. The normalized spacial score (nSPS) is 13.2. The maximum Gasteiger partial charge on any atom is 0.416 e. The van der Waals surface area contributed by atoms with Gasteiger partial charge in [-0.25, -0.2) is 0 Å². The zero-order valence-corrected chi connectivity index (χ0v) is 46.8. The minimum atomic E-state index is -6.13. The second-order valence-corrected chi connectivity index (χ2v) is 21.5. The number of rotatable bonds is 23. The number of halogens is 24. The minimum absolute atomic E-state index is 0.691. The Balaban J connectivity index is 0.000000383. The third kappa shape index (κ3) is 20.6. The molecule has 0 atom stereocenters. The minimum Gasteiger partial charge on any atom is -0.252 e. The number of hydrogen-bond donors (Lipinski definition) is 0. The van der Waals surface area contributed by atoms with Gasteiger partial charge in [0.1, 0.15) is 6.15 Å². The first-order valence-electron chi connectivity index (χ1n) is 27.9. The molecular weight excluding hydrogens is 1230 g/mol. The van der Waals surface area contributed by atoms with Crippen LogP contribution in [0.5, 0.6) is 0 Å². The lowest BCUT2D eigenvalue weighted by atomic mass is 9.12. The first kappa shape index (κ1) is 72.3. The van der Waals surface area contributed by atoms with Crippen LogP contribution in [0.3, 0.4) is 0 Å². The molecule has 2 nitrogen and oxygen atoms in total. The van der Waals surface area contributed by atoms with Gasteiger partial charge in [0, 0.05) is 12.0 Å². The molecule has 6 rings (SSSR count). The first-order valence-corrected chi connectivity index (χ1v) is 27.9. The SMILES string of the molecule is CCCCCCCCCCCCCCCCCCc1cncc[n+]1Cc1ccccc1.FC(F)(F)c1cc([B-](c2cc(C(F)(F)F)cc(C(F)(F)F)c2)(c2cc(C(F)(F)F)cc(C(F)(F)F)c2)c2cc(C(F)(F)F)cc(C(F)(F)F)c2)cc(C(F)(F)F)c1. The molecule has 484 valence electrons. The average molecular weight is 1290 g/mol. The summed E-state index contributed by atoms with van der Waals surface area (Å²) in [6, 6.07) is 1.91. The first-order chi connectivity index (χ1) is 40.7. The van der Waals surface area contributed by atoms with Crippen LogP contribution in [-0.4, -0.2) is 11.1 Å². The fourth-order valence-corrected chi connectivity index (χ4v) is 10.5. The number of hydrogen-bond acceptors (Lipinski definition) is 1. The molecule has 1 aromatic heterocycles. The average Bonchev–Trinajstić information content (AvgIpc) is 0.799. The number of aryl methyl sites for hydroxylation is 1. The molecule has 0 amide bonds. The van der Waals surface area contributed by atoms with E-state index in [0.717, 1.165) is 13.0 Å². The van der Waals surface area contributed by atoms with Crippen LogP contribution in [0.4, 0.5) is 105 Å². The van der Waals surface area contributed by atoms with Crippen LogP contribution in [0.2, 0.25) is 0 Å². The largest absolute Gasteiger partial charge is 0.416 e. The molecule has 1 heterocycles. The van der Waals surface area contributed by atoms with Crippen molar-refractivity contribution in [2.75, 3.05) is 0 Å². The predicted molar refractivity (Wildman–Crippen MR) is 283 cm³/mol. The standard InChI is InChI=1S/C32H12BF24.C29H47N2/c34-25(35,36)13-1-14(26(37,38)39)6-21(5-13)33(22-7-15(27(40,41)42)2-16(8-22)28(43,44)45,23-9-17(29(46,47)48)3-18(10-23)30(49,50)51)24-11-19(31(52,53)54)4-20(12-24)32(55,56)57;1-2-3-4-5-6-7-8-9-10-11-12-13-14-15-16-20-23-29-26-30-24-25-31(29)27-28-21-18-17-19-22-28/h1-12H;17-19,21-22,24-26H,2-16,20,23,27H2,1H3/q-1;+1. The van der Waals surface area contributed by atoms with Crippen LogP contribution < -0.4 is 26.4 Å². The Morgan fingerprint density at radius 1 is 0.330 bits per heavy atom. The molecule has 6 aromatic rings. The quantitative estimate of drug-likeness (QED) is 0.0270. The van der Waals surface area contributed by atoms with E-state index in [0.29, 0.717) is 0 Å². The molecule has 0 fully saturated rings. The van der Waals surface area contributed by atoms with E-state index >= 15 is 0 Å². The van der Waals surface area contributed by atoms with Crippen LogP contribution in [-0.2, 0) is 62.4 Å². The number of unbranched alkanes of at least 4 members (excludes halogenated alkanes) is 15. The molecule has 0 N–H and O–H groups in total. The number of aromatic nitrogens is 2. The van der Waals surface area contributed by atoms with Crippen molar-refractivity contribution < 1.29 is 110 Å². The zero-order chi connectivity index (χ0) is 65.7. The molecule has 0 radical (unpaired) electrons. The van der Waals surface area contributed by atoms with E-state index in [2.05, 4.69) is 53.0 Å². The summed E-state index contributed by atoms with van der Waals surface area (Å²) < 4.78 is 343. The Morgan fingerprint density at radius 3 is 0.830 bits per heavy atom.